The summed E-state index contributed by atoms with van der Waals surface area (Å²) in [6.45, 7) is 4.32. The molecule has 0 unspecified atom stereocenters. The Morgan fingerprint density at radius 2 is 1.70 bits per heavy atom. The molecule has 1 aromatic carbocycles. The molecule has 0 aromatic heterocycles. The van der Waals surface area contributed by atoms with E-state index in [0.29, 0.717) is 24.2 Å². The van der Waals surface area contributed by atoms with Crippen LogP contribution in [0.15, 0.2) is 24.3 Å². The molecule has 108 valence electrons. The number of benzene rings is 1. The van der Waals surface area contributed by atoms with Gasteiger partial charge in [-0.15, -0.1) is 0 Å². The first kappa shape index (κ1) is 14.7. The van der Waals surface area contributed by atoms with Crippen LogP contribution in [0.2, 0.25) is 0 Å². The third-order valence-electron chi connectivity index (χ3n) is 3.30. The molecule has 0 bridgehead atoms. The summed E-state index contributed by atoms with van der Waals surface area (Å²) in [5, 5.41) is 8.71. The second-order valence-electron chi connectivity index (χ2n) is 5.43. The summed E-state index contributed by atoms with van der Waals surface area (Å²) < 4.78 is 5.44. The van der Waals surface area contributed by atoms with Crippen LogP contribution in [0.1, 0.15) is 41.0 Å². The van der Waals surface area contributed by atoms with Gasteiger partial charge in [0.2, 0.25) is 0 Å². The Balaban J connectivity index is 2.13. The predicted molar refractivity (Wildman–Crippen MR) is 73.5 cm³/mol. The molecule has 20 heavy (non-hydrogen) atoms. The summed E-state index contributed by atoms with van der Waals surface area (Å²) in [5.41, 5.74) is 0.171. The van der Waals surface area contributed by atoms with Crippen LogP contribution >= 0.6 is 0 Å². The normalized spacial score (nSPS) is 14.8. The molecule has 2 amide bonds. The third-order valence-corrected chi connectivity index (χ3v) is 3.30. The van der Waals surface area contributed by atoms with Crippen molar-refractivity contribution in [2.24, 2.45) is 0 Å². The predicted octanol–water partition coefficient (Wildman–Crippen LogP) is 1.46. The highest BCUT2D eigenvalue weighted by molar-refractivity contribution is 6.21. The molecule has 0 atom stereocenters. The maximum atomic E-state index is 12.4. The summed E-state index contributed by atoms with van der Waals surface area (Å²) in [6, 6.07) is 6.83. The second kappa shape index (κ2) is 5.73. The Hall–Kier alpha value is -1.72. The number of carbonyl (C=O) groups excluding carboxylic acids is 2. The standard InChI is InChI=1S/C15H19NO4/c1-15(2,10-20-9-5-8-17)16-13(18)11-6-3-4-7-12(11)14(16)19/h3-4,6-7,17H,5,8-10H2,1-2H3. The zero-order valence-electron chi connectivity index (χ0n) is 11.8. The van der Waals surface area contributed by atoms with Crippen LogP contribution in [0.5, 0.6) is 0 Å². The van der Waals surface area contributed by atoms with E-state index in [1.807, 2.05) is 0 Å². The van der Waals surface area contributed by atoms with Crippen molar-refractivity contribution in [3.8, 4) is 0 Å². The maximum Gasteiger partial charge on any atom is 0.262 e. The topological polar surface area (TPSA) is 66.8 Å². The van der Waals surface area contributed by atoms with Crippen LogP contribution in [0.3, 0.4) is 0 Å². The van der Waals surface area contributed by atoms with Crippen molar-refractivity contribution >= 4 is 11.8 Å². The van der Waals surface area contributed by atoms with Crippen LogP contribution in [0.25, 0.3) is 0 Å². The van der Waals surface area contributed by atoms with Crippen molar-refractivity contribution in [1.82, 2.24) is 4.90 Å². The molecule has 1 aromatic rings. The molecule has 0 saturated carbocycles. The van der Waals surface area contributed by atoms with Crippen LogP contribution in [-0.2, 0) is 4.74 Å². The Morgan fingerprint density at radius 3 is 2.20 bits per heavy atom. The Kier molecular flexibility index (Phi) is 4.20. The number of aliphatic hydroxyl groups is 1. The lowest BCUT2D eigenvalue weighted by Gasteiger charge is -2.33. The fourth-order valence-electron chi connectivity index (χ4n) is 2.29. The molecule has 1 aliphatic rings. The van der Waals surface area contributed by atoms with Gasteiger partial charge in [0.05, 0.1) is 23.3 Å². The van der Waals surface area contributed by atoms with Gasteiger partial charge in [-0.3, -0.25) is 14.5 Å². The quantitative estimate of drug-likeness (QED) is 0.631. The number of nitrogens with zero attached hydrogens (tertiary/aromatic N) is 1. The maximum absolute atomic E-state index is 12.4. The fraction of sp³-hybridized carbons (Fsp3) is 0.467. The molecule has 2 rings (SSSR count). The summed E-state index contributed by atoms with van der Waals surface area (Å²) in [4.78, 5) is 26.0. The minimum absolute atomic E-state index is 0.0629. The zero-order valence-corrected chi connectivity index (χ0v) is 11.8. The molecule has 0 radical (unpaired) electrons. The van der Waals surface area contributed by atoms with E-state index in [1.54, 1.807) is 38.1 Å². The summed E-state index contributed by atoms with van der Waals surface area (Å²) >= 11 is 0. The molecule has 0 fully saturated rings. The lowest BCUT2D eigenvalue weighted by molar-refractivity contribution is 0.0136. The Labute approximate surface area is 118 Å². The summed E-state index contributed by atoms with van der Waals surface area (Å²) in [7, 11) is 0. The number of ether oxygens (including phenoxy) is 1. The first-order chi connectivity index (χ1) is 9.49. The van der Waals surface area contributed by atoms with Crippen LogP contribution in [-0.4, -0.2) is 47.2 Å². The largest absolute Gasteiger partial charge is 0.396 e. The van der Waals surface area contributed by atoms with Crippen LogP contribution < -0.4 is 0 Å². The average Bonchev–Trinajstić information content (AvgIpc) is 2.68. The van der Waals surface area contributed by atoms with Crippen molar-refractivity contribution in [2.75, 3.05) is 19.8 Å². The third kappa shape index (κ3) is 2.59. The van der Waals surface area contributed by atoms with Crippen molar-refractivity contribution in [2.45, 2.75) is 25.8 Å². The average molecular weight is 277 g/mol. The van der Waals surface area contributed by atoms with E-state index in [2.05, 4.69) is 0 Å². The van der Waals surface area contributed by atoms with E-state index < -0.39 is 5.54 Å². The first-order valence-corrected chi connectivity index (χ1v) is 6.65. The minimum atomic E-state index is -0.720. The lowest BCUT2D eigenvalue weighted by Crippen LogP contribution is -2.50. The number of aliphatic hydroxyl groups excluding tert-OH is 1. The number of fused-ring (bicyclic) bond motifs is 1. The van der Waals surface area contributed by atoms with Crippen molar-refractivity contribution < 1.29 is 19.4 Å². The molecule has 0 aliphatic carbocycles. The molecule has 0 spiro atoms. The molecule has 5 nitrogen and oxygen atoms in total. The minimum Gasteiger partial charge on any atom is -0.396 e. The Bertz CT molecular complexity index is 489. The molecular formula is C15H19NO4. The Morgan fingerprint density at radius 1 is 1.15 bits per heavy atom. The smallest absolute Gasteiger partial charge is 0.262 e. The molecular weight excluding hydrogens is 258 g/mol. The van der Waals surface area contributed by atoms with E-state index in [1.165, 1.54) is 4.90 Å². The van der Waals surface area contributed by atoms with Gasteiger partial charge in [-0.05, 0) is 32.4 Å². The van der Waals surface area contributed by atoms with E-state index >= 15 is 0 Å². The van der Waals surface area contributed by atoms with E-state index in [-0.39, 0.29) is 25.0 Å². The van der Waals surface area contributed by atoms with Gasteiger partial charge >= 0.3 is 0 Å². The SMILES string of the molecule is CC(C)(COCCCO)N1C(=O)c2ccccc2C1=O. The van der Waals surface area contributed by atoms with Gasteiger partial charge in [-0.25, -0.2) is 0 Å². The molecule has 1 aliphatic heterocycles. The summed E-state index contributed by atoms with van der Waals surface area (Å²) in [6.07, 6.45) is 0.540. The highest BCUT2D eigenvalue weighted by atomic mass is 16.5. The monoisotopic (exact) mass is 277 g/mol. The zero-order chi connectivity index (χ0) is 14.8. The molecule has 1 heterocycles. The number of hydrogen-bond donors (Lipinski definition) is 1. The number of rotatable bonds is 6. The van der Waals surface area contributed by atoms with Crippen LogP contribution in [0.4, 0.5) is 0 Å². The van der Waals surface area contributed by atoms with Gasteiger partial charge in [-0.1, -0.05) is 12.1 Å². The molecule has 0 saturated heterocycles. The van der Waals surface area contributed by atoms with Gasteiger partial charge in [0.1, 0.15) is 0 Å². The van der Waals surface area contributed by atoms with Crippen molar-refractivity contribution in [3.05, 3.63) is 35.4 Å². The van der Waals surface area contributed by atoms with Gasteiger partial charge in [0.15, 0.2) is 0 Å². The van der Waals surface area contributed by atoms with E-state index in [4.69, 9.17) is 9.84 Å². The van der Waals surface area contributed by atoms with Gasteiger partial charge in [-0.2, -0.15) is 0 Å². The van der Waals surface area contributed by atoms with Crippen molar-refractivity contribution in [3.63, 3.8) is 0 Å². The van der Waals surface area contributed by atoms with E-state index in [0.717, 1.165) is 0 Å². The fourth-order valence-corrected chi connectivity index (χ4v) is 2.29. The molecule has 5 heteroatoms. The van der Waals surface area contributed by atoms with E-state index in [9.17, 15) is 9.59 Å². The van der Waals surface area contributed by atoms with Gasteiger partial charge in [0, 0.05) is 13.2 Å². The highest BCUT2D eigenvalue weighted by Gasteiger charge is 2.43. The number of carbonyl (C=O) groups is 2. The number of hydrogen-bond acceptors (Lipinski definition) is 4. The summed E-state index contributed by atoms with van der Waals surface area (Å²) in [5.74, 6) is -0.553. The van der Waals surface area contributed by atoms with Crippen molar-refractivity contribution in [1.29, 1.82) is 0 Å². The van der Waals surface area contributed by atoms with Crippen LogP contribution in [0, 0.1) is 0 Å². The van der Waals surface area contributed by atoms with Gasteiger partial charge < -0.3 is 9.84 Å². The molecule has 1 N–H and O–H groups in total. The van der Waals surface area contributed by atoms with Gasteiger partial charge in [0.25, 0.3) is 11.8 Å². The number of amides is 2. The highest BCUT2D eigenvalue weighted by Crippen LogP contribution is 2.29. The lowest BCUT2D eigenvalue weighted by atomic mass is 10.0. The second-order valence-corrected chi connectivity index (χ2v) is 5.43. The number of imide groups is 1. The first-order valence-electron chi connectivity index (χ1n) is 6.65.